The summed E-state index contributed by atoms with van der Waals surface area (Å²) < 4.78 is 22.5. The fourth-order valence-corrected chi connectivity index (χ4v) is 3.71. The van der Waals surface area contributed by atoms with Crippen molar-refractivity contribution in [1.29, 1.82) is 0 Å². The van der Waals surface area contributed by atoms with E-state index in [0.717, 1.165) is 0 Å². The van der Waals surface area contributed by atoms with Crippen molar-refractivity contribution in [2.24, 2.45) is 0 Å². The van der Waals surface area contributed by atoms with Gasteiger partial charge in [0.2, 0.25) is 0 Å². The van der Waals surface area contributed by atoms with Gasteiger partial charge in [0.1, 0.15) is 0 Å². The highest BCUT2D eigenvalue weighted by molar-refractivity contribution is 9.09. The van der Waals surface area contributed by atoms with Gasteiger partial charge in [-0.05, 0) is 37.6 Å². The first-order chi connectivity index (χ1) is 7.57. The Hall–Kier alpha value is 0.230. The minimum absolute atomic E-state index is 0.420. The van der Waals surface area contributed by atoms with E-state index in [2.05, 4.69) is 15.9 Å². The number of hydrogen-bond donors (Lipinski definition) is 0. The molecule has 1 rings (SSSR count). The first kappa shape index (κ1) is 15.3. The second kappa shape index (κ2) is 5.08. The lowest BCUT2D eigenvalue weighted by molar-refractivity contribution is 0.548. The molecule has 1 atom stereocenters. The summed E-state index contributed by atoms with van der Waals surface area (Å²) in [7, 11) is -3.23. The standard InChI is InChI=1S/C11H13BrCl2O2S/c1-11(2,17(3,15)16)10(12)8-6-7(13)4-5-9(8)14/h4-6,10H,1-3H3. The number of benzene rings is 1. The van der Waals surface area contributed by atoms with E-state index in [0.29, 0.717) is 15.6 Å². The molecule has 0 aliphatic rings. The minimum Gasteiger partial charge on any atom is -0.229 e. The maximum absolute atomic E-state index is 11.8. The molecule has 2 nitrogen and oxygen atoms in total. The molecule has 0 fully saturated rings. The summed E-state index contributed by atoms with van der Waals surface area (Å²) in [6.07, 6.45) is 1.21. The van der Waals surface area contributed by atoms with E-state index < -0.39 is 19.4 Å². The molecular formula is C11H13BrCl2O2S. The van der Waals surface area contributed by atoms with Crippen LogP contribution < -0.4 is 0 Å². The van der Waals surface area contributed by atoms with Crippen molar-refractivity contribution in [3.05, 3.63) is 33.8 Å². The Labute approximate surface area is 120 Å². The lowest BCUT2D eigenvalue weighted by Gasteiger charge is -2.29. The normalized spacial score (nSPS) is 14.7. The SMILES string of the molecule is CC(C)(C(Br)c1cc(Cl)ccc1Cl)S(C)(=O)=O. The topological polar surface area (TPSA) is 34.1 Å². The fraction of sp³-hybridized carbons (Fsp3) is 0.455. The van der Waals surface area contributed by atoms with Gasteiger partial charge in [0.05, 0.1) is 9.57 Å². The molecule has 0 radical (unpaired) electrons. The predicted octanol–water partition coefficient (Wildman–Crippen LogP) is 4.25. The van der Waals surface area contributed by atoms with Crippen molar-refractivity contribution in [2.45, 2.75) is 23.4 Å². The Balaban J connectivity index is 3.30. The monoisotopic (exact) mass is 358 g/mol. The third-order valence-electron chi connectivity index (χ3n) is 2.80. The van der Waals surface area contributed by atoms with Crippen molar-refractivity contribution in [1.82, 2.24) is 0 Å². The highest BCUT2D eigenvalue weighted by Gasteiger charge is 2.39. The van der Waals surface area contributed by atoms with E-state index in [1.54, 1.807) is 32.0 Å². The Morgan fingerprint density at radius 1 is 1.29 bits per heavy atom. The van der Waals surface area contributed by atoms with Crippen LogP contribution in [0.2, 0.25) is 10.0 Å². The first-order valence-electron chi connectivity index (χ1n) is 4.86. The van der Waals surface area contributed by atoms with Crippen LogP contribution in [0.3, 0.4) is 0 Å². The third-order valence-corrected chi connectivity index (χ3v) is 7.46. The summed E-state index contributed by atoms with van der Waals surface area (Å²) in [4.78, 5) is -0.420. The quantitative estimate of drug-likeness (QED) is 0.756. The van der Waals surface area contributed by atoms with E-state index in [1.165, 1.54) is 6.26 Å². The smallest absolute Gasteiger partial charge is 0.154 e. The molecule has 17 heavy (non-hydrogen) atoms. The minimum atomic E-state index is -3.23. The van der Waals surface area contributed by atoms with Crippen molar-refractivity contribution in [3.63, 3.8) is 0 Å². The van der Waals surface area contributed by atoms with Gasteiger partial charge < -0.3 is 0 Å². The molecule has 0 bridgehead atoms. The maximum Gasteiger partial charge on any atom is 0.154 e. The van der Waals surface area contributed by atoms with E-state index >= 15 is 0 Å². The van der Waals surface area contributed by atoms with Gasteiger partial charge in [-0.3, -0.25) is 0 Å². The fourth-order valence-electron chi connectivity index (χ4n) is 1.27. The van der Waals surface area contributed by atoms with E-state index in [-0.39, 0.29) is 0 Å². The van der Waals surface area contributed by atoms with Crippen molar-refractivity contribution < 1.29 is 8.42 Å². The first-order valence-corrected chi connectivity index (χ1v) is 8.42. The highest BCUT2D eigenvalue weighted by atomic mass is 79.9. The van der Waals surface area contributed by atoms with E-state index in [4.69, 9.17) is 23.2 Å². The van der Waals surface area contributed by atoms with Crippen molar-refractivity contribution in [2.75, 3.05) is 6.26 Å². The Morgan fingerprint density at radius 2 is 1.82 bits per heavy atom. The number of sulfone groups is 1. The molecule has 0 spiro atoms. The van der Waals surface area contributed by atoms with Gasteiger partial charge >= 0.3 is 0 Å². The predicted molar refractivity (Wildman–Crippen MR) is 77.1 cm³/mol. The van der Waals surface area contributed by atoms with E-state index in [9.17, 15) is 8.42 Å². The van der Waals surface area contributed by atoms with Gasteiger partial charge in [0, 0.05) is 16.3 Å². The number of rotatable bonds is 3. The zero-order chi connectivity index (χ0) is 13.4. The maximum atomic E-state index is 11.8. The molecule has 0 amide bonds. The largest absolute Gasteiger partial charge is 0.229 e. The van der Waals surface area contributed by atoms with Gasteiger partial charge in [-0.25, -0.2) is 8.42 Å². The van der Waals surface area contributed by atoms with Crippen LogP contribution in [0, 0.1) is 0 Å². The van der Waals surface area contributed by atoms with Gasteiger partial charge in [-0.2, -0.15) is 0 Å². The van der Waals surface area contributed by atoms with Gasteiger partial charge in [-0.15, -0.1) is 0 Å². The molecule has 0 heterocycles. The Kier molecular flexibility index (Phi) is 4.57. The van der Waals surface area contributed by atoms with Crippen molar-refractivity contribution >= 4 is 49.0 Å². The molecule has 0 aromatic heterocycles. The summed E-state index contributed by atoms with van der Waals surface area (Å²) in [6.45, 7) is 3.30. The van der Waals surface area contributed by atoms with Crippen LogP contribution in [0.1, 0.15) is 24.2 Å². The average Bonchev–Trinajstić information content (AvgIpc) is 2.19. The lowest BCUT2D eigenvalue weighted by atomic mass is 10.0. The molecule has 1 aromatic rings. The number of hydrogen-bond acceptors (Lipinski definition) is 2. The summed E-state index contributed by atoms with van der Waals surface area (Å²) in [6, 6.07) is 5.00. The number of alkyl halides is 1. The van der Waals surface area contributed by atoms with Crippen LogP contribution in [0.25, 0.3) is 0 Å². The van der Waals surface area contributed by atoms with Gasteiger partial charge in [0.15, 0.2) is 9.84 Å². The molecule has 0 N–H and O–H groups in total. The zero-order valence-electron chi connectivity index (χ0n) is 9.67. The zero-order valence-corrected chi connectivity index (χ0v) is 13.6. The van der Waals surface area contributed by atoms with Crippen molar-refractivity contribution in [3.8, 4) is 0 Å². The van der Waals surface area contributed by atoms with Crippen LogP contribution in [0.5, 0.6) is 0 Å². The molecule has 0 saturated carbocycles. The van der Waals surface area contributed by atoms with Gasteiger partial charge in [0.25, 0.3) is 0 Å². The second-order valence-electron chi connectivity index (χ2n) is 4.40. The summed E-state index contributed by atoms with van der Waals surface area (Å²) >= 11 is 15.4. The average molecular weight is 360 g/mol. The summed E-state index contributed by atoms with van der Waals surface area (Å²) in [5.41, 5.74) is 0.676. The molecule has 1 aromatic carbocycles. The highest BCUT2D eigenvalue weighted by Crippen LogP contribution is 2.42. The van der Waals surface area contributed by atoms with Crippen LogP contribution >= 0.6 is 39.1 Å². The molecule has 0 aliphatic heterocycles. The van der Waals surface area contributed by atoms with Gasteiger partial charge in [-0.1, -0.05) is 39.1 Å². The summed E-state index contributed by atoms with van der Waals surface area (Å²) in [5.74, 6) is 0. The van der Waals surface area contributed by atoms with Crippen LogP contribution in [-0.4, -0.2) is 19.4 Å². The molecule has 1 unspecified atom stereocenters. The molecular weight excluding hydrogens is 347 g/mol. The molecule has 96 valence electrons. The molecule has 0 saturated heterocycles. The Morgan fingerprint density at radius 3 is 2.29 bits per heavy atom. The van der Waals surface area contributed by atoms with E-state index in [1.807, 2.05) is 0 Å². The van der Waals surface area contributed by atoms with Crippen LogP contribution in [0.15, 0.2) is 18.2 Å². The Bertz CT molecular complexity index is 526. The molecule has 6 heteroatoms. The second-order valence-corrected chi connectivity index (χ2v) is 8.76. The van der Waals surface area contributed by atoms with Crippen LogP contribution in [-0.2, 0) is 9.84 Å². The summed E-state index contributed by atoms with van der Waals surface area (Å²) in [5, 5.41) is 1.02. The lowest BCUT2D eigenvalue weighted by Crippen LogP contribution is -2.35. The van der Waals surface area contributed by atoms with Crippen LogP contribution in [0.4, 0.5) is 0 Å². The molecule has 0 aliphatic carbocycles. The number of halogens is 3. The third kappa shape index (κ3) is 3.16.